The van der Waals surface area contributed by atoms with Crippen molar-refractivity contribution in [3.8, 4) is 17.0 Å². The summed E-state index contributed by atoms with van der Waals surface area (Å²) in [5.74, 6) is -0.968. The van der Waals surface area contributed by atoms with Gasteiger partial charge in [0.15, 0.2) is 5.82 Å². The molecule has 0 radical (unpaired) electrons. The van der Waals surface area contributed by atoms with Gasteiger partial charge in [0.05, 0.1) is 10.7 Å². The van der Waals surface area contributed by atoms with E-state index >= 15 is 0 Å². The fourth-order valence-corrected chi connectivity index (χ4v) is 4.95. The monoisotopic (exact) mass is 450 g/mol. The van der Waals surface area contributed by atoms with Crippen LogP contribution in [0.15, 0.2) is 30.3 Å². The smallest absolute Gasteiger partial charge is 0.339 e. The molecule has 2 aliphatic rings. The summed E-state index contributed by atoms with van der Waals surface area (Å²) in [7, 11) is 0. The Balaban J connectivity index is 1.67. The molecule has 1 saturated carbocycles. The Bertz CT molecular complexity index is 1270. The van der Waals surface area contributed by atoms with Crippen LogP contribution < -0.4 is 0 Å². The molecule has 0 saturated heterocycles. The second-order valence-corrected chi connectivity index (χ2v) is 9.04. The Labute approximate surface area is 190 Å². The standard InChI is InChI=1S/C25H23ClN2O4/c1-13-11-17(25(31)32)20(29)12-16(13)22-19-7-2-3-10-28(19)24(27-22)23(30)21-15(14-8-9-14)5-4-6-18(21)26/h4-6,11-12,14,29H,2-3,7-10H2,1H3,(H,31,32). The third kappa shape index (κ3) is 3.39. The van der Waals surface area contributed by atoms with Gasteiger partial charge in [-0.3, -0.25) is 4.79 Å². The van der Waals surface area contributed by atoms with E-state index in [0.29, 0.717) is 45.7 Å². The molecule has 5 rings (SSSR count). The molecule has 164 valence electrons. The number of carboxylic acids is 1. The van der Waals surface area contributed by atoms with Crippen molar-refractivity contribution in [3.63, 3.8) is 0 Å². The normalized spacial score (nSPS) is 15.4. The Morgan fingerprint density at radius 2 is 1.97 bits per heavy atom. The first-order valence-corrected chi connectivity index (χ1v) is 11.2. The molecule has 1 aliphatic carbocycles. The molecule has 0 bridgehead atoms. The van der Waals surface area contributed by atoms with Crippen LogP contribution in [0.2, 0.25) is 5.02 Å². The number of aromatic hydroxyl groups is 1. The van der Waals surface area contributed by atoms with E-state index in [4.69, 9.17) is 16.6 Å². The number of aromatic carboxylic acids is 1. The molecule has 2 aromatic carbocycles. The third-order valence-electron chi connectivity index (χ3n) is 6.44. The molecule has 3 aromatic rings. The molecule has 0 atom stereocenters. The van der Waals surface area contributed by atoms with E-state index in [9.17, 15) is 19.8 Å². The Kier molecular flexibility index (Phi) is 5.05. The van der Waals surface area contributed by atoms with Crippen LogP contribution in [0.4, 0.5) is 0 Å². The van der Waals surface area contributed by atoms with Crippen molar-refractivity contribution in [2.24, 2.45) is 0 Å². The number of rotatable bonds is 5. The number of carbonyl (C=O) groups excluding carboxylic acids is 1. The zero-order chi connectivity index (χ0) is 22.6. The Morgan fingerprint density at radius 1 is 1.19 bits per heavy atom. The third-order valence-corrected chi connectivity index (χ3v) is 6.75. The lowest BCUT2D eigenvalue weighted by Crippen LogP contribution is -2.18. The molecule has 2 N–H and O–H groups in total. The fraction of sp³-hybridized carbons (Fsp3) is 0.320. The van der Waals surface area contributed by atoms with Gasteiger partial charge in [0.25, 0.3) is 0 Å². The number of hydrogen-bond acceptors (Lipinski definition) is 4. The van der Waals surface area contributed by atoms with Crippen LogP contribution in [-0.4, -0.2) is 31.5 Å². The molecule has 1 aliphatic heterocycles. The zero-order valence-electron chi connectivity index (χ0n) is 17.7. The molecular weight excluding hydrogens is 428 g/mol. The van der Waals surface area contributed by atoms with Gasteiger partial charge in [0.2, 0.25) is 5.78 Å². The van der Waals surface area contributed by atoms with E-state index in [1.807, 2.05) is 16.7 Å². The van der Waals surface area contributed by atoms with Crippen LogP contribution in [0.5, 0.6) is 5.75 Å². The number of fused-ring (bicyclic) bond motifs is 1. The summed E-state index contributed by atoms with van der Waals surface area (Å²) in [6.07, 6.45) is 4.79. The van der Waals surface area contributed by atoms with Crippen molar-refractivity contribution in [1.29, 1.82) is 0 Å². The molecule has 32 heavy (non-hydrogen) atoms. The average Bonchev–Trinajstić information content (AvgIpc) is 3.55. The maximum atomic E-state index is 13.7. The topological polar surface area (TPSA) is 92.4 Å². The minimum absolute atomic E-state index is 0.152. The van der Waals surface area contributed by atoms with Gasteiger partial charge in [-0.1, -0.05) is 23.7 Å². The van der Waals surface area contributed by atoms with Crippen LogP contribution >= 0.6 is 11.6 Å². The summed E-state index contributed by atoms with van der Waals surface area (Å²) >= 11 is 6.50. The quantitative estimate of drug-likeness (QED) is 0.510. The predicted octanol–water partition coefficient (Wildman–Crippen LogP) is 5.36. The van der Waals surface area contributed by atoms with Gasteiger partial charge in [-0.25, -0.2) is 9.78 Å². The van der Waals surface area contributed by atoms with E-state index < -0.39 is 5.97 Å². The van der Waals surface area contributed by atoms with Gasteiger partial charge in [-0.15, -0.1) is 0 Å². The molecule has 7 heteroatoms. The predicted molar refractivity (Wildman–Crippen MR) is 121 cm³/mol. The van der Waals surface area contributed by atoms with E-state index in [0.717, 1.165) is 43.4 Å². The minimum atomic E-state index is -1.19. The summed E-state index contributed by atoms with van der Waals surface area (Å²) in [5.41, 5.74) is 4.24. The summed E-state index contributed by atoms with van der Waals surface area (Å²) in [6.45, 7) is 2.47. The highest BCUT2D eigenvalue weighted by Crippen LogP contribution is 2.44. The lowest BCUT2D eigenvalue weighted by molar-refractivity contribution is 0.0693. The number of imidazole rings is 1. The van der Waals surface area contributed by atoms with Gasteiger partial charge < -0.3 is 14.8 Å². The zero-order valence-corrected chi connectivity index (χ0v) is 18.4. The summed E-state index contributed by atoms with van der Waals surface area (Å²) in [4.78, 5) is 29.9. The largest absolute Gasteiger partial charge is 0.507 e. The van der Waals surface area contributed by atoms with Crippen molar-refractivity contribution >= 4 is 23.4 Å². The minimum Gasteiger partial charge on any atom is -0.507 e. The number of phenols is 1. The van der Waals surface area contributed by atoms with Gasteiger partial charge >= 0.3 is 5.97 Å². The Hall–Kier alpha value is -3.12. The summed E-state index contributed by atoms with van der Waals surface area (Å²) < 4.78 is 1.97. The second-order valence-electron chi connectivity index (χ2n) is 8.64. The van der Waals surface area contributed by atoms with Crippen molar-refractivity contribution in [2.45, 2.75) is 51.5 Å². The van der Waals surface area contributed by atoms with Crippen LogP contribution in [0.1, 0.15) is 75.0 Å². The maximum Gasteiger partial charge on any atom is 0.339 e. The highest BCUT2D eigenvalue weighted by atomic mass is 35.5. The molecule has 0 amide bonds. The molecule has 1 aromatic heterocycles. The number of nitrogens with zero attached hydrogens (tertiary/aromatic N) is 2. The van der Waals surface area contributed by atoms with Crippen LogP contribution in [0.3, 0.4) is 0 Å². The van der Waals surface area contributed by atoms with E-state index in [2.05, 4.69) is 0 Å². The van der Waals surface area contributed by atoms with Crippen LogP contribution in [0, 0.1) is 6.92 Å². The number of carboxylic acid groups (broad SMARTS) is 1. The molecule has 0 unspecified atom stereocenters. The highest BCUT2D eigenvalue weighted by Gasteiger charge is 2.33. The van der Waals surface area contributed by atoms with Crippen molar-refractivity contribution in [3.05, 3.63) is 69.1 Å². The van der Waals surface area contributed by atoms with E-state index in [1.54, 1.807) is 13.0 Å². The van der Waals surface area contributed by atoms with Gasteiger partial charge in [0, 0.05) is 23.4 Å². The van der Waals surface area contributed by atoms with Gasteiger partial charge in [0.1, 0.15) is 11.3 Å². The van der Waals surface area contributed by atoms with Gasteiger partial charge in [-0.05, 0) is 74.3 Å². The van der Waals surface area contributed by atoms with Crippen LogP contribution in [-0.2, 0) is 13.0 Å². The summed E-state index contributed by atoms with van der Waals surface area (Å²) in [5, 5.41) is 20.0. The SMILES string of the molecule is Cc1cc(C(=O)O)c(O)cc1-c1nc(C(=O)c2c(Cl)cccc2C2CC2)n2c1CCCC2. The molecular formula is C25H23ClN2O4. The average molecular weight is 451 g/mol. The number of halogens is 1. The van der Waals surface area contributed by atoms with Crippen molar-refractivity contribution in [1.82, 2.24) is 9.55 Å². The van der Waals surface area contributed by atoms with Gasteiger partial charge in [-0.2, -0.15) is 0 Å². The summed E-state index contributed by atoms with van der Waals surface area (Å²) in [6, 6.07) is 8.49. The highest BCUT2D eigenvalue weighted by molar-refractivity contribution is 6.35. The number of carbonyl (C=O) groups is 2. The molecule has 2 heterocycles. The first kappa shape index (κ1) is 20.8. The first-order chi connectivity index (χ1) is 15.4. The molecule has 6 nitrogen and oxygen atoms in total. The molecule has 1 fully saturated rings. The number of aryl methyl sites for hydroxylation is 1. The number of hydrogen-bond donors (Lipinski definition) is 2. The maximum absolute atomic E-state index is 13.7. The lowest BCUT2D eigenvalue weighted by atomic mass is 9.98. The van der Waals surface area contributed by atoms with E-state index in [1.165, 1.54) is 12.1 Å². The first-order valence-electron chi connectivity index (χ1n) is 10.9. The van der Waals surface area contributed by atoms with Crippen molar-refractivity contribution in [2.75, 3.05) is 0 Å². The van der Waals surface area contributed by atoms with E-state index in [-0.39, 0.29) is 17.1 Å². The lowest BCUT2D eigenvalue weighted by Gasteiger charge is -2.18. The Morgan fingerprint density at radius 3 is 2.69 bits per heavy atom. The number of aromatic nitrogens is 2. The number of benzene rings is 2. The van der Waals surface area contributed by atoms with Crippen molar-refractivity contribution < 1.29 is 19.8 Å². The van der Waals surface area contributed by atoms with Crippen LogP contribution in [0.25, 0.3) is 11.3 Å². The molecule has 0 spiro atoms. The fourth-order valence-electron chi connectivity index (χ4n) is 4.68. The second kappa shape index (κ2) is 7.78. The number of ketones is 1.